The van der Waals surface area contributed by atoms with Gasteiger partial charge in [-0.25, -0.2) is 0 Å². The number of hydrogen-bond acceptors (Lipinski definition) is 2. The number of aliphatic hydroxyl groups is 1. The van der Waals surface area contributed by atoms with Crippen molar-refractivity contribution >= 4 is 0 Å². The molecule has 0 bridgehead atoms. The molecule has 0 radical (unpaired) electrons. The largest absolute Gasteiger partial charge is 0.489 e. The summed E-state index contributed by atoms with van der Waals surface area (Å²) in [6.07, 6.45) is -4.47. The van der Waals surface area contributed by atoms with E-state index >= 15 is 0 Å². The molecular weight excluding hydrogens is 365 g/mol. The van der Waals surface area contributed by atoms with Crippen LogP contribution in [0.5, 0.6) is 5.75 Å². The van der Waals surface area contributed by atoms with Gasteiger partial charge in [-0.1, -0.05) is 54.6 Å². The molecule has 1 N–H and O–H groups in total. The van der Waals surface area contributed by atoms with Gasteiger partial charge in [0.25, 0.3) is 0 Å². The fourth-order valence-corrected chi connectivity index (χ4v) is 2.89. The van der Waals surface area contributed by atoms with Gasteiger partial charge in [0.1, 0.15) is 12.4 Å². The molecule has 3 aromatic carbocycles. The Morgan fingerprint density at radius 3 is 2.21 bits per heavy atom. The van der Waals surface area contributed by atoms with Crippen LogP contribution in [0.1, 0.15) is 34.8 Å². The number of benzene rings is 3. The van der Waals surface area contributed by atoms with Crippen LogP contribution in [0.3, 0.4) is 0 Å². The van der Waals surface area contributed by atoms with E-state index in [2.05, 4.69) is 0 Å². The number of alkyl halides is 3. The topological polar surface area (TPSA) is 29.5 Å². The molecule has 146 valence electrons. The van der Waals surface area contributed by atoms with Crippen LogP contribution in [0.15, 0.2) is 78.9 Å². The molecule has 3 aromatic rings. The lowest BCUT2D eigenvalue weighted by Crippen LogP contribution is -2.07. The summed E-state index contributed by atoms with van der Waals surface area (Å²) in [6.45, 7) is 0.481. The first-order valence-electron chi connectivity index (χ1n) is 9.03. The van der Waals surface area contributed by atoms with E-state index in [1.54, 1.807) is 0 Å². The van der Waals surface area contributed by atoms with Crippen LogP contribution in [0, 0.1) is 0 Å². The molecule has 28 heavy (non-hydrogen) atoms. The summed E-state index contributed by atoms with van der Waals surface area (Å²) in [4.78, 5) is 0. The molecule has 0 amide bonds. The van der Waals surface area contributed by atoms with Crippen LogP contribution < -0.4 is 4.74 Å². The Morgan fingerprint density at radius 2 is 1.54 bits per heavy atom. The highest BCUT2D eigenvalue weighted by Crippen LogP contribution is 2.31. The highest BCUT2D eigenvalue weighted by atomic mass is 19.4. The summed E-state index contributed by atoms with van der Waals surface area (Å²) in [6, 6.07) is 22.2. The maximum absolute atomic E-state index is 12.8. The van der Waals surface area contributed by atoms with E-state index in [0.29, 0.717) is 19.4 Å². The van der Waals surface area contributed by atoms with Gasteiger partial charge < -0.3 is 9.84 Å². The molecule has 3 rings (SSSR count). The van der Waals surface area contributed by atoms with Crippen molar-refractivity contribution in [3.63, 3.8) is 0 Å². The Labute approximate surface area is 162 Å². The van der Waals surface area contributed by atoms with E-state index in [9.17, 15) is 18.3 Å². The van der Waals surface area contributed by atoms with E-state index in [1.807, 2.05) is 54.6 Å². The molecule has 2 nitrogen and oxygen atoms in total. The van der Waals surface area contributed by atoms with E-state index < -0.39 is 17.8 Å². The van der Waals surface area contributed by atoms with Crippen molar-refractivity contribution in [1.82, 2.24) is 0 Å². The van der Waals surface area contributed by atoms with Gasteiger partial charge in [0.15, 0.2) is 0 Å². The fourth-order valence-electron chi connectivity index (χ4n) is 2.89. The second-order valence-corrected chi connectivity index (χ2v) is 6.60. The van der Waals surface area contributed by atoms with Gasteiger partial charge in [0.05, 0.1) is 11.7 Å². The van der Waals surface area contributed by atoms with Crippen LogP contribution in [-0.4, -0.2) is 5.11 Å². The molecule has 0 heterocycles. The Hall–Kier alpha value is -2.79. The first-order chi connectivity index (χ1) is 13.4. The molecular formula is C23H21F3O2. The van der Waals surface area contributed by atoms with Crippen molar-refractivity contribution in [3.05, 3.63) is 101 Å². The first-order valence-corrected chi connectivity index (χ1v) is 9.03. The van der Waals surface area contributed by atoms with Gasteiger partial charge in [-0.2, -0.15) is 13.2 Å². The molecule has 1 atom stereocenters. The highest BCUT2D eigenvalue weighted by Gasteiger charge is 2.30. The molecule has 0 saturated carbocycles. The predicted octanol–water partition coefficient (Wildman–Crippen LogP) is 5.95. The fraction of sp³-hybridized carbons (Fsp3) is 0.217. The van der Waals surface area contributed by atoms with Crippen LogP contribution in [0.4, 0.5) is 13.2 Å². The van der Waals surface area contributed by atoms with E-state index in [-0.39, 0.29) is 5.56 Å². The SMILES string of the molecule is OC(CCc1ccc(OCc2ccccc2)cc1)c1cccc(C(F)(F)F)c1. The van der Waals surface area contributed by atoms with Gasteiger partial charge in [-0.15, -0.1) is 0 Å². The number of rotatable bonds is 7. The second-order valence-electron chi connectivity index (χ2n) is 6.60. The smallest absolute Gasteiger partial charge is 0.416 e. The lowest BCUT2D eigenvalue weighted by Gasteiger charge is -2.14. The van der Waals surface area contributed by atoms with E-state index in [0.717, 1.165) is 29.0 Å². The lowest BCUT2D eigenvalue weighted by molar-refractivity contribution is -0.137. The molecule has 5 heteroatoms. The molecule has 0 aromatic heterocycles. The maximum atomic E-state index is 12.8. The summed E-state index contributed by atoms with van der Waals surface area (Å²) in [5, 5.41) is 10.2. The number of aryl methyl sites for hydroxylation is 1. The van der Waals surface area contributed by atoms with Gasteiger partial charge >= 0.3 is 6.18 Å². The summed E-state index contributed by atoms with van der Waals surface area (Å²) in [7, 11) is 0. The zero-order valence-corrected chi connectivity index (χ0v) is 15.2. The molecule has 0 aliphatic heterocycles. The minimum absolute atomic E-state index is 0.276. The average Bonchev–Trinajstić information content (AvgIpc) is 2.71. The van der Waals surface area contributed by atoms with Crippen molar-refractivity contribution in [3.8, 4) is 5.75 Å². The Kier molecular flexibility index (Phi) is 6.37. The zero-order valence-electron chi connectivity index (χ0n) is 15.2. The summed E-state index contributed by atoms with van der Waals surface area (Å²) in [5.74, 6) is 0.742. The standard InChI is InChI=1S/C23H21F3O2/c24-23(25,26)20-8-4-7-19(15-20)22(27)14-11-17-9-12-21(13-10-17)28-16-18-5-2-1-3-6-18/h1-10,12-13,15,22,27H,11,14,16H2. The number of hydrogen-bond donors (Lipinski definition) is 1. The van der Waals surface area contributed by atoms with Crippen LogP contribution >= 0.6 is 0 Å². The third kappa shape index (κ3) is 5.60. The molecule has 1 unspecified atom stereocenters. The maximum Gasteiger partial charge on any atom is 0.416 e. The zero-order chi connectivity index (χ0) is 20.0. The van der Waals surface area contributed by atoms with Crippen molar-refractivity contribution in [1.29, 1.82) is 0 Å². The Bertz CT molecular complexity index is 874. The average molecular weight is 386 g/mol. The normalized spacial score (nSPS) is 12.6. The van der Waals surface area contributed by atoms with Crippen molar-refractivity contribution in [2.24, 2.45) is 0 Å². The highest BCUT2D eigenvalue weighted by molar-refractivity contribution is 5.29. The summed E-state index contributed by atoms with van der Waals surface area (Å²) >= 11 is 0. The Balaban J connectivity index is 1.53. The van der Waals surface area contributed by atoms with Crippen LogP contribution in [0.2, 0.25) is 0 Å². The lowest BCUT2D eigenvalue weighted by atomic mass is 9.99. The second kappa shape index (κ2) is 8.93. The molecule has 0 saturated heterocycles. The molecule has 0 aliphatic carbocycles. The van der Waals surface area contributed by atoms with Gasteiger partial charge in [-0.05, 0) is 53.8 Å². The van der Waals surface area contributed by atoms with Crippen LogP contribution in [-0.2, 0) is 19.2 Å². The van der Waals surface area contributed by atoms with E-state index in [4.69, 9.17) is 4.74 Å². The number of aliphatic hydroxyl groups excluding tert-OH is 1. The Morgan fingerprint density at radius 1 is 0.821 bits per heavy atom. The van der Waals surface area contributed by atoms with Crippen molar-refractivity contribution in [2.75, 3.05) is 0 Å². The van der Waals surface area contributed by atoms with Crippen molar-refractivity contribution < 1.29 is 23.0 Å². The third-order valence-corrected chi connectivity index (χ3v) is 4.48. The van der Waals surface area contributed by atoms with Crippen molar-refractivity contribution in [2.45, 2.75) is 31.7 Å². The minimum Gasteiger partial charge on any atom is -0.489 e. The summed E-state index contributed by atoms with van der Waals surface area (Å²) < 4.78 is 44.1. The van der Waals surface area contributed by atoms with Gasteiger partial charge in [-0.3, -0.25) is 0 Å². The van der Waals surface area contributed by atoms with Crippen LogP contribution in [0.25, 0.3) is 0 Å². The monoisotopic (exact) mass is 386 g/mol. The quantitative estimate of drug-likeness (QED) is 0.544. The first kappa shape index (κ1) is 20.0. The molecule has 0 aliphatic rings. The van der Waals surface area contributed by atoms with Gasteiger partial charge in [0.2, 0.25) is 0 Å². The summed E-state index contributed by atoms with van der Waals surface area (Å²) in [5.41, 5.74) is 1.59. The number of halogens is 3. The molecule has 0 spiro atoms. The minimum atomic E-state index is -4.41. The number of ether oxygens (including phenoxy) is 1. The predicted molar refractivity (Wildman–Crippen MR) is 102 cm³/mol. The molecule has 0 fully saturated rings. The van der Waals surface area contributed by atoms with E-state index in [1.165, 1.54) is 12.1 Å². The van der Waals surface area contributed by atoms with Gasteiger partial charge in [0, 0.05) is 0 Å². The third-order valence-electron chi connectivity index (χ3n) is 4.48.